The standard InChI is InChI=1S/C23H27ClN4O2/c24-20-6-7-21(25-15-20)26-22(29)18-8-12-28(13-9-18)23(30)19-5-3-4-17(14-19)16-27-10-1-2-11-27/h3-7,14-15,18H,1-2,8-13,16H2,(H,25,26,29). The van der Waals surface area contributed by atoms with Crippen LogP contribution in [0.5, 0.6) is 0 Å². The zero-order valence-electron chi connectivity index (χ0n) is 17.0. The van der Waals surface area contributed by atoms with Crippen molar-refractivity contribution in [3.05, 3.63) is 58.7 Å². The van der Waals surface area contributed by atoms with E-state index in [0.29, 0.717) is 36.8 Å². The summed E-state index contributed by atoms with van der Waals surface area (Å²) in [6.07, 6.45) is 5.33. The summed E-state index contributed by atoms with van der Waals surface area (Å²) in [5, 5.41) is 3.37. The van der Waals surface area contributed by atoms with Gasteiger partial charge in [0, 0.05) is 37.3 Å². The predicted octanol–water partition coefficient (Wildman–Crippen LogP) is 3.82. The molecule has 0 aliphatic carbocycles. The fourth-order valence-electron chi connectivity index (χ4n) is 4.21. The number of nitrogens with zero attached hydrogens (tertiary/aromatic N) is 3. The number of aromatic nitrogens is 1. The van der Waals surface area contributed by atoms with Crippen molar-refractivity contribution in [1.82, 2.24) is 14.8 Å². The lowest BCUT2D eigenvalue weighted by atomic mass is 9.95. The Hall–Kier alpha value is -2.44. The highest BCUT2D eigenvalue weighted by molar-refractivity contribution is 6.30. The Kier molecular flexibility index (Phi) is 6.65. The van der Waals surface area contributed by atoms with Crippen LogP contribution in [0.15, 0.2) is 42.6 Å². The van der Waals surface area contributed by atoms with Crippen molar-refractivity contribution in [3.63, 3.8) is 0 Å². The zero-order chi connectivity index (χ0) is 20.9. The molecule has 0 spiro atoms. The average molecular weight is 427 g/mol. The minimum Gasteiger partial charge on any atom is -0.339 e. The van der Waals surface area contributed by atoms with Crippen molar-refractivity contribution in [2.45, 2.75) is 32.2 Å². The molecule has 1 N–H and O–H groups in total. The molecule has 0 bridgehead atoms. The summed E-state index contributed by atoms with van der Waals surface area (Å²) in [5.74, 6) is 0.381. The molecule has 0 saturated carbocycles. The van der Waals surface area contributed by atoms with Gasteiger partial charge in [0.25, 0.3) is 5.91 Å². The zero-order valence-corrected chi connectivity index (χ0v) is 17.8. The quantitative estimate of drug-likeness (QED) is 0.789. The second kappa shape index (κ2) is 9.58. The number of carbonyl (C=O) groups is 2. The summed E-state index contributed by atoms with van der Waals surface area (Å²) in [5.41, 5.74) is 1.92. The van der Waals surface area contributed by atoms with Crippen LogP contribution in [0.4, 0.5) is 5.82 Å². The first-order chi connectivity index (χ1) is 14.6. The molecule has 1 aromatic carbocycles. The number of likely N-dealkylation sites (tertiary alicyclic amines) is 2. The topological polar surface area (TPSA) is 65.5 Å². The number of benzene rings is 1. The molecule has 2 fully saturated rings. The third-order valence-electron chi connectivity index (χ3n) is 5.91. The largest absolute Gasteiger partial charge is 0.339 e. The normalized spacial score (nSPS) is 17.8. The maximum Gasteiger partial charge on any atom is 0.253 e. The number of piperidine rings is 1. The van der Waals surface area contributed by atoms with E-state index in [2.05, 4.69) is 21.3 Å². The van der Waals surface area contributed by atoms with Crippen LogP contribution in [0.1, 0.15) is 41.6 Å². The molecular weight excluding hydrogens is 400 g/mol. The summed E-state index contributed by atoms with van der Waals surface area (Å²) < 4.78 is 0. The molecule has 4 rings (SSSR count). The van der Waals surface area contributed by atoms with E-state index in [1.54, 1.807) is 12.1 Å². The van der Waals surface area contributed by atoms with E-state index in [4.69, 9.17) is 11.6 Å². The van der Waals surface area contributed by atoms with Crippen molar-refractivity contribution in [2.75, 3.05) is 31.5 Å². The van der Waals surface area contributed by atoms with Gasteiger partial charge in [-0.2, -0.15) is 0 Å². The van der Waals surface area contributed by atoms with Gasteiger partial charge in [0.05, 0.1) is 5.02 Å². The van der Waals surface area contributed by atoms with E-state index >= 15 is 0 Å². The van der Waals surface area contributed by atoms with Crippen LogP contribution in [0.25, 0.3) is 0 Å². The van der Waals surface area contributed by atoms with Gasteiger partial charge < -0.3 is 10.2 Å². The van der Waals surface area contributed by atoms with Crippen LogP contribution < -0.4 is 5.32 Å². The molecule has 0 radical (unpaired) electrons. The number of carbonyl (C=O) groups excluding carboxylic acids is 2. The molecule has 2 saturated heterocycles. The van der Waals surface area contributed by atoms with Crippen LogP contribution in [0, 0.1) is 5.92 Å². The van der Waals surface area contributed by atoms with Gasteiger partial charge in [-0.15, -0.1) is 0 Å². The summed E-state index contributed by atoms with van der Waals surface area (Å²) in [7, 11) is 0. The highest BCUT2D eigenvalue weighted by Gasteiger charge is 2.28. The highest BCUT2D eigenvalue weighted by Crippen LogP contribution is 2.22. The summed E-state index contributed by atoms with van der Waals surface area (Å²) in [6, 6.07) is 11.4. The summed E-state index contributed by atoms with van der Waals surface area (Å²) >= 11 is 5.83. The second-order valence-electron chi connectivity index (χ2n) is 8.10. The van der Waals surface area contributed by atoms with Crippen LogP contribution >= 0.6 is 11.6 Å². The fourth-order valence-corrected chi connectivity index (χ4v) is 4.32. The number of halogens is 1. The number of pyridine rings is 1. The third kappa shape index (κ3) is 5.18. The Bertz CT molecular complexity index is 888. The molecule has 6 nitrogen and oxygen atoms in total. The first-order valence-corrected chi connectivity index (χ1v) is 11.0. The van der Waals surface area contributed by atoms with Crippen molar-refractivity contribution in [3.8, 4) is 0 Å². The van der Waals surface area contributed by atoms with E-state index in [1.165, 1.54) is 24.6 Å². The fraction of sp³-hybridized carbons (Fsp3) is 0.435. The maximum atomic E-state index is 13.0. The minimum atomic E-state index is -0.118. The van der Waals surface area contributed by atoms with Gasteiger partial charge in [-0.1, -0.05) is 23.7 Å². The van der Waals surface area contributed by atoms with Crippen molar-refractivity contribution >= 4 is 29.2 Å². The molecule has 158 valence electrons. The van der Waals surface area contributed by atoms with Crippen molar-refractivity contribution < 1.29 is 9.59 Å². The van der Waals surface area contributed by atoms with Gasteiger partial charge >= 0.3 is 0 Å². The van der Waals surface area contributed by atoms with Gasteiger partial charge in [0.2, 0.25) is 5.91 Å². The molecule has 2 aliphatic rings. The third-order valence-corrected chi connectivity index (χ3v) is 6.13. The average Bonchev–Trinajstić information content (AvgIpc) is 3.28. The lowest BCUT2D eigenvalue weighted by Crippen LogP contribution is -2.41. The number of anilines is 1. The molecule has 30 heavy (non-hydrogen) atoms. The number of nitrogens with one attached hydrogen (secondary N) is 1. The van der Waals surface area contributed by atoms with Crippen LogP contribution in [0.3, 0.4) is 0 Å². The van der Waals surface area contributed by atoms with Crippen molar-refractivity contribution in [2.24, 2.45) is 5.92 Å². The smallest absolute Gasteiger partial charge is 0.253 e. The Labute approximate surface area is 182 Å². The van der Waals surface area contributed by atoms with E-state index in [-0.39, 0.29) is 17.7 Å². The number of amides is 2. The van der Waals surface area contributed by atoms with Gasteiger partial charge in [-0.3, -0.25) is 14.5 Å². The Morgan fingerprint density at radius 3 is 2.53 bits per heavy atom. The Morgan fingerprint density at radius 2 is 1.83 bits per heavy atom. The Morgan fingerprint density at radius 1 is 1.07 bits per heavy atom. The SMILES string of the molecule is O=C(Nc1ccc(Cl)cn1)C1CCN(C(=O)c2cccc(CN3CCCC3)c2)CC1. The number of hydrogen-bond donors (Lipinski definition) is 1. The number of hydrogen-bond acceptors (Lipinski definition) is 4. The minimum absolute atomic E-state index is 0.0514. The summed E-state index contributed by atoms with van der Waals surface area (Å²) in [4.78, 5) is 33.9. The summed E-state index contributed by atoms with van der Waals surface area (Å²) in [6.45, 7) is 4.35. The monoisotopic (exact) mass is 426 g/mol. The first-order valence-electron chi connectivity index (χ1n) is 10.6. The van der Waals surface area contributed by atoms with Crippen LogP contribution in [-0.4, -0.2) is 52.8 Å². The second-order valence-corrected chi connectivity index (χ2v) is 8.54. The lowest BCUT2D eigenvalue weighted by molar-refractivity contribution is -0.121. The van der Waals surface area contributed by atoms with Gasteiger partial charge in [0.1, 0.15) is 5.82 Å². The van der Waals surface area contributed by atoms with Crippen LogP contribution in [-0.2, 0) is 11.3 Å². The van der Waals surface area contributed by atoms with E-state index in [0.717, 1.165) is 25.2 Å². The molecule has 7 heteroatoms. The van der Waals surface area contributed by atoms with E-state index < -0.39 is 0 Å². The van der Waals surface area contributed by atoms with E-state index in [9.17, 15) is 9.59 Å². The lowest BCUT2D eigenvalue weighted by Gasteiger charge is -2.31. The van der Waals surface area contributed by atoms with Crippen molar-refractivity contribution in [1.29, 1.82) is 0 Å². The number of rotatable bonds is 5. The molecule has 2 aromatic rings. The highest BCUT2D eigenvalue weighted by atomic mass is 35.5. The maximum absolute atomic E-state index is 13.0. The van der Waals surface area contributed by atoms with E-state index in [1.807, 2.05) is 23.1 Å². The molecular formula is C23H27ClN4O2. The van der Waals surface area contributed by atoms with Crippen LogP contribution in [0.2, 0.25) is 5.02 Å². The van der Waals surface area contributed by atoms with Gasteiger partial charge in [-0.05, 0) is 68.6 Å². The van der Waals surface area contributed by atoms with Gasteiger partial charge in [-0.25, -0.2) is 4.98 Å². The van der Waals surface area contributed by atoms with Gasteiger partial charge in [0.15, 0.2) is 0 Å². The molecule has 2 aliphatic heterocycles. The molecule has 0 unspecified atom stereocenters. The molecule has 3 heterocycles. The molecule has 2 amide bonds. The molecule has 0 atom stereocenters. The predicted molar refractivity (Wildman–Crippen MR) is 117 cm³/mol. The Balaban J connectivity index is 1.30. The molecule has 1 aromatic heterocycles. The first kappa shape index (κ1) is 20.8.